The van der Waals surface area contributed by atoms with Crippen molar-refractivity contribution in [1.82, 2.24) is 0 Å². The van der Waals surface area contributed by atoms with Crippen molar-refractivity contribution in [3.05, 3.63) is 34.9 Å². The van der Waals surface area contributed by atoms with Gasteiger partial charge in [-0.1, -0.05) is 29.8 Å². The van der Waals surface area contributed by atoms with Gasteiger partial charge in [-0.15, -0.1) is 0 Å². The van der Waals surface area contributed by atoms with Crippen LogP contribution in [0.1, 0.15) is 18.9 Å². The summed E-state index contributed by atoms with van der Waals surface area (Å²) in [5.41, 5.74) is 6.62. The van der Waals surface area contributed by atoms with Crippen molar-refractivity contribution in [2.45, 2.75) is 31.9 Å². The highest BCUT2D eigenvalue weighted by Crippen LogP contribution is 2.17. The zero-order valence-electron chi connectivity index (χ0n) is 8.28. The molecule has 0 radical (unpaired) electrons. The lowest BCUT2D eigenvalue weighted by atomic mass is 10.0. The Morgan fingerprint density at radius 3 is 2.64 bits per heavy atom. The van der Waals surface area contributed by atoms with Crippen LogP contribution in [0.4, 0.5) is 0 Å². The minimum atomic E-state index is -0.453. The van der Waals surface area contributed by atoms with E-state index in [2.05, 4.69) is 0 Å². The molecule has 0 aromatic heterocycles. The third-order valence-corrected chi connectivity index (χ3v) is 2.64. The van der Waals surface area contributed by atoms with Crippen molar-refractivity contribution >= 4 is 11.6 Å². The Balaban J connectivity index is 2.50. The first kappa shape index (κ1) is 11.5. The molecule has 0 saturated heterocycles. The predicted octanol–water partition coefficient (Wildman–Crippen LogP) is 1.98. The van der Waals surface area contributed by atoms with Crippen LogP contribution in [0, 0.1) is 0 Å². The Labute approximate surface area is 89.7 Å². The number of rotatable bonds is 4. The van der Waals surface area contributed by atoms with Crippen molar-refractivity contribution in [3.63, 3.8) is 0 Å². The molecule has 0 saturated carbocycles. The van der Waals surface area contributed by atoms with E-state index in [-0.39, 0.29) is 6.04 Å². The minimum Gasteiger partial charge on any atom is -0.392 e. The molecule has 3 N–H and O–H groups in total. The van der Waals surface area contributed by atoms with Crippen molar-refractivity contribution in [2.75, 3.05) is 0 Å². The summed E-state index contributed by atoms with van der Waals surface area (Å²) in [6.45, 7) is 1.80. The lowest BCUT2D eigenvalue weighted by Crippen LogP contribution is -2.31. The van der Waals surface area contributed by atoms with Gasteiger partial charge in [0.25, 0.3) is 0 Å². The fourth-order valence-corrected chi connectivity index (χ4v) is 1.50. The summed E-state index contributed by atoms with van der Waals surface area (Å²) in [5.74, 6) is 0. The summed E-state index contributed by atoms with van der Waals surface area (Å²) in [5, 5.41) is 10.3. The summed E-state index contributed by atoms with van der Waals surface area (Å²) in [6.07, 6.45) is 0.968. The van der Waals surface area contributed by atoms with E-state index >= 15 is 0 Å². The third kappa shape index (κ3) is 3.29. The number of aryl methyl sites for hydroxylation is 1. The molecule has 0 amide bonds. The summed E-state index contributed by atoms with van der Waals surface area (Å²) in [6, 6.07) is 7.48. The molecule has 2 unspecified atom stereocenters. The van der Waals surface area contributed by atoms with Crippen molar-refractivity contribution in [2.24, 2.45) is 5.73 Å². The molecule has 2 atom stereocenters. The van der Waals surface area contributed by atoms with E-state index in [9.17, 15) is 5.11 Å². The molecule has 1 rings (SSSR count). The number of halogens is 1. The van der Waals surface area contributed by atoms with Crippen LogP contribution in [-0.4, -0.2) is 17.3 Å². The third-order valence-electron chi connectivity index (χ3n) is 2.27. The Hall–Kier alpha value is -0.570. The number of aliphatic hydroxyl groups is 1. The maximum absolute atomic E-state index is 9.51. The van der Waals surface area contributed by atoms with Crippen molar-refractivity contribution in [1.29, 1.82) is 0 Å². The van der Waals surface area contributed by atoms with E-state index < -0.39 is 6.10 Å². The second-order valence-electron chi connectivity index (χ2n) is 3.56. The molecule has 2 nitrogen and oxygen atoms in total. The molecule has 0 spiro atoms. The highest BCUT2D eigenvalue weighted by Gasteiger charge is 2.10. The predicted molar refractivity (Wildman–Crippen MR) is 59.4 cm³/mol. The fraction of sp³-hybridized carbons (Fsp3) is 0.455. The Morgan fingerprint density at radius 2 is 2.07 bits per heavy atom. The van der Waals surface area contributed by atoms with Gasteiger partial charge in [0.05, 0.1) is 6.10 Å². The molecule has 1 aromatic carbocycles. The first-order valence-corrected chi connectivity index (χ1v) is 5.16. The van der Waals surface area contributed by atoms with E-state index in [0.29, 0.717) is 6.42 Å². The summed E-state index contributed by atoms with van der Waals surface area (Å²) in [7, 11) is 0. The molecule has 78 valence electrons. The first-order valence-electron chi connectivity index (χ1n) is 4.78. The van der Waals surface area contributed by atoms with Gasteiger partial charge >= 0.3 is 0 Å². The zero-order valence-corrected chi connectivity index (χ0v) is 9.04. The second kappa shape index (κ2) is 5.35. The normalized spacial score (nSPS) is 15.1. The van der Waals surface area contributed by atoms with Crippen LogP contribution >= 0.6 is 11.6 Å². The van der Waals surface area contributed by atoms with E-state index in [1.165, 1.54) is 0 Å². The molecule has 1 aromatic rings. The van der Waals surface area contributed by atoms with Gasteiger partial charge < -0.3 is 10.8 Å². The highest BCUT2D eigenvalue weighted by atomic mass is 35.5. The van der Waals surface area contributed by atoms with Crippen LogP contribution < -0.4 is 5.73 Å². The van der Waals surface area contributed by atoms with Crippen LogP contribution in [0.3, 0.4) is 0 Å². The SMILES string of the molecule is CC(N)C(O)CCc1ccccc1Cl. The zero-order chi connectivity index (χ0) is 10.6. The van der Waals surface area contributed by atoms with Gasteiger partial charge in [-0.25, -0.2) is 0 Å². The minimum absolute atomic E-state index is 0.183. The number of hydrogen-bond donors (Lipinski definition) is 2. The molecular weight excluding hydrogens is 198 g/mol. The molecule has 0 aliphatic heterocycles. The van der Waals surface area contributed by atoms with Crippen LogP contribution in [0.5, 0.6) is 0 Å². The first-order chi connectivity index (χ1) is 6.61. The summed E-state index contributed by atoms with van der Waals surface area (Å²) in [4.78, 5) is 0. The topological polar surface area (TPSA) is 46.2 Å². The van der Waals surface area contributed by atoms with Crippen molar-refractivity contribution < 1.29 is 5.11 Å². The van der Waals surface area contributed by atoms with E-state index in [1.54, 1.807) is 6.92 Å². The molecule has 0 aliphatic carbocycles. The van der Waals surface area contributed by atoms with E-state index in [0.717, 1.165) is 17.0 Å². The molecule has 0 aliphatic rings. The van der Waals surface area contributed by atoms with Gasteiger partial charge in [-0.2, -0.15) is 0 Å². The quantitative estimate of drug-likeness (QED) is 0.804. The van der Waals surface area contributed by atoms with Gasteiger partial charge in [-0.3, -0.25) is 0 Å². The van der Waals surface area contributed by atoms with Gasteiger partial charge in [0, 0.05) is 11.1 Å². The average molecular weight is 214 g/mol. The second-order valence-corrected chi connectivity index (χ2v) is 3.96. The number of nitrogens with two attached hydrogens (primary N) is 1. The standard InChI is InChI=1S/C11H16ClNO/c1-8(13)11(14)7-6-9-4-2-3-5-10(9)12/h2-5,8,11,14H,6-7,13H2,1H3. The largest absolute Gasteiger partial charge is 0.392 e. The maximum Gasteiger partial charge on any atom is 0.0691 e. The molecule has 0 heterocycles. The summed E-state index contributed by atoms with van der Waals surface area (Å²) >= 11 is 5.97. The van der Waals surface area contributed by atoms with Gasteiger partial charge in [0.15, 0.2) is 0 Å². The highest BCUT2D eigenvalue weighted by molar-refractivity contribution is 6.31. The van der Waals surface area contributed by atoms with Crippen LogP contribution in [-0.2, 0) is 6.42 Å². The van der Waals surface area contributed by atoms with Gasteiger partial charge in [0.2, 0.25) is 0 Å². The van der Waals surface area contributed by atoms with Crippen molar-refractivity contribution in [3.8, 4) is 0 Å². The monoisotopic (exact) mass is 213 g/mol. The Kier molecular flexibility index (Phi) is 4.39. The number of aliphatic hydroxyl groups excluding tert-OH is 1. The van der Waals surface area contributed by atoms with Gasteiger partial charge in [-0.05, 0) is 31.4 Å². The molecule has 0 fully saturated rings. The van der Waals surface area contributed by atoms with Crippen LogP contribution in [0.15, 0.2) is 24.3 Å². The van der Waals surface area contributed by atoms with E-state index in [4.69, 9.17) is 17.3 Å². The van der Waals surface area contributed by atoms with E-state index in [1.807, 2.05) is 24.3 Å². The van der Waals surface area contributed by atoms with Crippen LogP contribution in [0.2, 0.25) is 5.02 Å². The molecular formula is C11H16ClNO. The lowest BCUT2D eigenvalue weighted by Gasteiger charge is -2.14. The number of hydrogen-bond acceptors (Lipinski definition) is 2. The smallest absolute Gasteiger partial charge is 0.0691 e. The maximum atomic E-state index is 9.51. The molecule has 0 bridgehead atoms. The van der Waals surface area contributed by atoms with Gasteiger partial charge in [0.1, 0.15) is 0 Å². The molecule has 14 heavy (non-hydrogen) atoms. The Bertz CT molecular complexity index is 288. The summed E-state index contributed by atoms with van der Waals surface area (Å²) < 4.78 is 0. The fourth-order valence-electron chi connectivity index (χ4n) is 1.27. The molecule has 3 heteroatoms. The lowest BCUT2D eigenvalue weighted by molar-refractivity contribution is 0.141. The van der Waals surface area contributed by atoms with Crippen LogP contribution in [0.25, 0.3) is 0 Å². The average Bonchev–Trinajstić information content (AvgIpc) is 2.16. The Morgan fingerprint density at radius 1 is 1.43 bits per heavy atom. The number of benzene rings is 1.